The highest BCUT2D eigenvalue weighted by molar-refractivity contribution is 7.89. The Morgan fingerprint density at radius 2 is 2.16 bits per heavy atom. The fourth-order valence-electron chi connectivity index (χ4n) is 2.29. The molecule has 4 nitrogen and oxygen atoms in total. The lowest BCUT2D eigenvalue weighted by molar-refractivity contribution is 0.357. The predicted octanol–water partition coefficient (Wildman–Crippen LogP) is 2.19. The Balaban J connectivity index is 2.27. The van der Waals surface area contributed by atoms with E-state index < -0.39 is 10.0 Å². The van der Waals surface area contributed by atoms with Gasteiger partial charge in [-0.2, -0.15) is 4.31 Å². The van der Waals surface area contributed by atoms with Crippen molar-refractivity contribution >= 4 is 21.4 Å². The molecule has 1 saturated carbocycles. The third-order valence-electron chi connectivity index (χ3n) is 3.81. The van der Waals surface area contributed by atoms with Gasteiger partial charge in [-0.1, -0.05) is 0 Å². The molecule has 1 unspecified atom stereocenters. The summed E-state index contributed by atoms with van der Waals surface area (Å²) < 4.78 is 26.9. The predicted molar refractivity (Wildman–Crippen MR) is 79.0 cm³/mol. The van der Waals surface area contributed by atoms with Crippen molar-refractivity contribution in [3.8, 4) is 0 Å². The quantitative estimate of drug-likeness (QED) is 0.876. The van der Waals surface area contributed by atoms with Gasteiger partial charge in [0.05, 0.1) is 4.90 Å². The zero-order chi connectivity index (χ0) is 14.2. The van der Waals surface area contributed by atoms with E-state index in [-0.39, 0.29) is 6.04 Å². The average molecular weight is 302 g/mol. The summed E-state index contributed by atoms with van der Waals surface area (Å²) in [6, 6.07) is 1.90. The molecule has 6 heteroatoms. The number of thiophene rings is 1. The molecule has 0 aromatic carbocycles. The minimum atomic E-state index is -3.36. The SMILES string of the molecule is CNCc1cc(S(=O)(=O)N(C)C(C)C2CC2)c(C)s1. The lowest BCUT2D eigenvalue weighted by Gasteiger charge is -2.24. The zero-order valence-corrected chi connectivity index (χ0v) is 13.6. The molecule has 0 radical (unpaired) electrons. The molecule has 1 N–H and O–H groups in total. The second kappa shape index (κ2) is 5.52. The Morgan fingerprint density at radius 1 is 1.53 bits per heavy atom. The van der Waals surface area contributed by atoms with Crippen molar-refractivity contribution < 1.29 is 8.42 Å². The number of hydrogen-bond acceptors (Lipinski definition) is 4. The minimum Gasteiger partial charge on any atom is -0.315 e. The summed E-state index contributed by atoms with van der Waals surface area (Å²) in [6.45, 7) is 4.60. The largest absolute Gasteiger partial charge is 0.315 e. The number of nitrogens with one attached hydrogen (secondary N) is 1. The fraction of sp³-hybridized carbons (Fsp3) is 0.692. The smallest absolute Gasteiger partial charge is 0.244 e. The summed E-state index contributed by atoms with van der Waals surface area (Å²) >= 11 is 1.55. The maximum Gasteiger partial charge on any atom is 0.244 e. The summed E-state index contributed by atoms with van der Waals surface area (Å²) in [5, 5.41) is 3.06. The Labute approximate surface area is 119 Å². The number of aryl methyl sites for hydroxylation is 1. The van der Waals surface area contributed by atoms with Gasteiger partial charge < -0.3 is 5.32 Å². The van der Waals surface area contributed by atoms with E-state index in [2.05, 4.69) is 5.32 Å². The van der Waals surface area contributed by atoms with Gasteiger partial charge in [0.15, 0.2) is 0 Å². The Kier molecular flexibility index (Phi) is 4.35. The van der Waals surface area contributed by atoms with Gasteiger partial charge in [0.25, 0.3) is 0 Å². The molecule has 1 aliphatic carbocycles. The van der Waals surface area contributed by atoms with Gasteiger partial charge in [0, 0.05) is 29.4 Å². The number of sulfonamides is 1. The first kappa shape index (κ1) is 15.0. The van der Waals surface area contributed by atoms with Crippen LogP contribution in [-0.4, -0.2) is 32.9 Å². The minimum absolute atomic E-state index is 0.0945. The molecule has 1 fully saturated rings. The Bertz CT molecular complexity index is 547. The number of hydrogen-bond donors (Lipinski definition) is 1. The molecule has 1 heterocycles. The summed E-state index contributed by atoms with van der Waals surface area (Å²) in [4.78, 5) is 2.41. The van der Waals surface area contributed by atoms with Gasteiger partial charge in [-0.05, 0) is 45.7 Å². The summed E-state index contributed by atoms with van der Waals surface area (Å²) in [5.41, 5.74) is 0. The highest BCUT2D eigenvalue weighted by Gasteiger charge is 2.36. The Hall–Kier alpha value is -0.430. The van der Waals surface area contributed by atoms with Gasteiger partial charge in [-0.25, -0.2) is 8.42 Å². The molecule has 0 amide bonds. The van der Waals surface area contributed by atoms with Crippen LogP contribution in [0.4, 0.5) is 0 Å². The van der Waals surface area contributed by atoms with E-state index >= 15 is 0 Å². The zero-order valence-electron chi connectivity index (χ0n) is 11.9. The standard InChI is InChI=1S/C13H22N2O2S2/c1-9(11-5-6-11)15(4)19(16,17)13-7-12(8-14-3)18-10(13)2/h7,9,11,14H,5-6,8H2,1-4H3. The molecular formula is C13H22N2O2S2. The summed E-state index contributed by atoms with van der Waals surface area (Å²) in [7, 11) is 0.212. The van der Waals surface area contributed by atoms with Crippen LogP contribution >= 0.6 is 11.3 Å². The van der Waals surface area contributed by atoms with Crippen LogP contribution in [0.15, 0.2) is 11.0 Å². The van der Waals surface area contributed by atoms with Crippen LogP contribution in [0.25, 0.3) is 0 Å². The van der Waals surface area contributed by atoms with Crippen molar-refractivity contribution in [2.24, 2.45) is 5.92 Å². The van der Waals surface area contributed by atoms with Gasteiger partial charge in [0.2, 0.25) is 10.0 Å². The van der Waals surface area contributed by atoms with E-state index in [0.717, 1.165) is 22.6 Å². The lowest BCUT2D eigenvalue weighted by Crippen LogP contribution is -2.36. The van der Waals surface area contributed by atoms with Gasteiger partial charge in [0.1, 0.15) is 0 Å². The van der Waals surface area contributed by atoms with Crippen LogP contribution in [0, 0.1) is 12.8 Å². The van der Waals surface area contributed by atoms with Crippen LogP contribution in [0.2, 0.25) is 0 Å². The van der Waals surface area contributed by atoms with Gasteiger partial charge in [-0.15, -0.1) is 11.3 Å². The third kappa shape index (κ3) is 3.02. The maximum atomic E-state index is 12.7. The molecule has 1 aromatic rings. The lowest BCUT2D eigenvalue weighted by atomic mass is 10.2. The van der Waals surface area contributed by atoms with Crippen molar-refractivity contribution in [2.75, 3.05) is 14.1 Å². The molecule has 0 aliphatic heterocycles. The van der Waals surface area contributed by atoms with E-state index in [9.17, 15) is 8.42 Å². The molecule has 108 valence electrons. The molecule has 1 aliphatic rings. The fourth-order valence-corrected chi connectivity index (χ4v) is 5.33. The van der Waals surface area contributed by atoms with Gasteiger partial charge in [-0.3, -0.25) is 0 Å². The third-order valence-corrected chi connectivity index (χ3v) is 7.06. The molecule has 0 saturated heterocycles. The molecule has 19 heavy (non-hydrogen) atoms. The van der Waals surface area contributed by atoms with Crippen molar-refractivity contribution in [1.82, 2.24) is 9.62 Å². The van der Waals surface area contributed by atoms with Crippen LogP contribution < -0.4 is 5.32 Å². The summed E-state index contributed by atoms with van der Waals surface area (Å²) in [6.07, 6.45) is 2.29. The first-order chi connectivity index (χ1) is 8.87. The Morgan fingerprint density at radius 3 is 2.68 bits per heavy atom. The molecule has 2 rings (SSSR count). The summed E-state index contributed by atoms with van der Waals surface area (Å²) in [5.74, 6) is 0.537. The first-order valence-electron chi connectivity index (χ1n) is 6.60. The molecule has 0 bridgehead atoms. The van der Waals surface area contributed by atoms with Gasteiger partial charge >= 0.3 is 0 Å². The first-order valence-corrected chi connectivity index (χ1v) is 8.85. The van der Waals surface area contributed by atoms with Crippen LogP contribution in [0.5, 0.6) is 0 Å². The van der Waals surface area contributed by atoms with E-state index in [1.54, 1.807) is 22.7 Å². The monoisotopic (exact) mass is 302 g/mol. The van der Waals surface area contributed by atoms with Crippen molar-refractivity contribution in [3.05, 3.63) is 15.8 Å². The van der Waals surface area contributed by atoms with E-state index in [0.29, 0.717) is 17.4 Å². The van der Waals surface area contributed by atoms with E-state index in [4.69, 9.17) is 0 Å². The number of rotatable bonds is 6. The second-order valence-corrected chi connectivity index (χ2v) is 8.57. The number of nitrogens with zero attached hydrogens (tertiary/aromatic N) is 1. The van der Waals surface area contributed by atoms with E-state index in [1.165, 1.54) is 0 Å². The van der Waals surface area contributed by atoms with Crippen molar-refractivity contribution in [1.29, 1.82) is 0 Å². The second-order valence-electron chi connectivity index (χ2n) is 5.26. The highest BCUT2D eigenvalue weighted by Crippen LogP contribution is 2.37. The van der Waals surface area contributed by atoms with Crippen LogP contribution in [0.1, 0.15) is 29.5 Å². The molecule has 1 atom stereocenters. The average Bonchev–Trinajstić information content (AvgIpc) is 3.12. The van der Waals surface area contributed by atoms with Crippen molar-refractivity contribution in [3.63, 3.8) is 0 Å². The van der Waals surface area contributed by atoms with Crippen molar-refractivity contribution in [2.45, 2.75) is 44.2 Å². The highest BCUT2D eigenvalue weighted by atomic mass is 32.2. The maximum absolute atomic E-state index is 12.7. The molecular weight excluding hydrogens is 280 g/mol. The normalized spacial score (nSPS) is 17.9. The molecule has 1 aromatic heterocycles. The topological polar surface area (TPSA) is 49.4 Å². The van der Waals surface area contributed by atoms with Crippen LogP contribution in [0.3, 0.4) is 0 Å². The molecule has 0 spiro atoms. The van der Waals surface area contributed by atoms with Crippen LogP contribution in [-0.2, 0) is 16.6 Å². The van der Waals surface area contributed by atoms with E-state index in [1.807, 2.05) is 27.0 Å².